The second kappa shape index (κ2) is 9.26. The molecule has 4 rings (SSSR count). The number of piperidine rings is 2. The smallest absolute Gasteiger partial charge is 0.250 e. The van der Waals surface area contributed by atoms with Crippen molar-refractivity contribution >= 4 is 35.7 Å². The summed E-state index contributed by atoms with van der Waals surface area (Å²) in [6, 6.07) is 4.81. The third-order valence-electron chi connectivity index (χ3n) is 5.25. The summed E-state index contributed by atoms with van der Waals surface area (Å²) in [6.07, 6.45) is 8.61. The Hall–Kier alpha value is -2.61. The second-order valence-electron chi connectivity index (χ2n) is 7.43. The molecule has 29 heavy (non-hydrogen) atoms. The molecule has 2 aromatic rings. The number of aromatic hydroxyl groups is 1. The van der Waals surface area contributed by atoms with Crippen LogP contribution in [0.5, 0.6) is 5.75 Å². The number of phenols is 1. The van der Waals surface area contributed by atoms with Gasteiger partial charge in [0.25, 0.3) is 0 Å². The number of nitrogens with zero attached hydrogens (tertiary/aromatic N) is 6. The van der Waals surface area contributed by atoms with Crippen LogP contribution in [0.25, 0.3) is 0 Å². The van der Waals surface area contributed by atoms with Gasteiger partial charge in [0.1, 0.15) is 5.75 Å². The summed E-state index contributed by atoms with van der Waals surface area (Å²) < 4.78 is 0. The fourth-order valence-electron chi connectivity index (χ4n) is 3.66. The summed E-state index contributed by atoms with van der Waals surface area (Å²) in [4.78, 5) is 18.4. The zero-order valence-corrected chi connectivity index (χ0v) is 17.1. The van der Waals surface area contributed by atoms with Gasteiger partial charge in [0, 0.05) is 36.8 Å². The van der Waals surface area contributed by atoms with E-state index in [1.54, 1.807) is 12.1 Å². The average molecular weight is 416 g/mol. The number of phenolic OH excluding ortho intramolecular Hbond substituents is 1. The molecule has 9 heteroatoms. The van der Waals surface area contributed by atoms with Gasteiger partial charge < -0.3 is 14.9 Å². The molecule has 8 nitrogen and oxygen atoms in total. The molecule has 0 saturated carbocycles. The van der Waals surface area contributed by atoms with Crippen LogP contribution in [0.2, 0.25) is 5.02 Å². The highest BCUT2D eigenvalue weighted by Gasteiger charge is 2.20. The molecular formula is C20H26ClN7O. The molecule has 3 heterocycles. The Morgan fingerprint density at radius 2 is 1.48 bits per heavy atom. The van der Waals surface area contributed by atoms with Gasteiger partial charge in [0.05, 0.1) is 6.21 Å². The number of hydrogen-bond donors (Lipinski definition) is 2. The maximum atomic E-state index is 9.93. The van der Waals surface area contributed by atoms with Crippen molar-refractivity contribution in [3.63, 3.8) is 0 Å². The van der Waals surface area contributed by atoms with Gasteiger partial charge in [-0.2, -0.15) is 20.1 Å². The van der Waals surface area contributed by atoms with E-state index in [0.717, 1.165) is 51.9 Å². The summed E-state index contributed by atoms with van der Waals surface area (Å²) in [5.74, 6) is 1.91. The highest BCUT2D eigenvalue weighted by atomic mass is 35.5. The van der Waals surface area contributed by atoms with E-state index >= 15 is 0 Å². The van der Waals surface area contributed by atoms with E-state index < -0.39 is 0 Å². The molecule has 0 aliphatic carbocycles. The molecule has 2 N–H and O–H groups in total. The standard InChI is InChI=1S/C20H26ClN7O/c21-16-7-8-17(29)15(13-16)14-22-26-18-23-19(27-9-3-1-4-10-27)25-20(24-18)28-11-5-2-6-12-28/h7-8,13-14,29H,1-6,9-12H2,(H,23,24,25,26)/b22-14-. The highest BCUT2D eigenvalue weighted by molar-refractivity contribution is 6.30. The predicted octanol–water partition coefficient (Wildman–Crippen LogP) is 3.66. The monoisotopic (exact) mass is 415 g/mol. The van der Waals surface area contributed by atoms with Gasteiger partial charge >= 0.3 is 0 Å². The van der Waals surface area contributed by atoms with Gasteiger partial charge in [-0.05, 0) is 56.7 Å². The van der Waals surface area contributed by atoms with Gasteiger partial charge in [0.15, 0.2) is 0 Å². The Morgan fingerprint density at radius 3 is 2.07 bits per heavy atom. The van der Waals surface area contributed by atoms with E-state index in [9.17, 15) is 5.11 Å². The van der Waals surface area contributed by atoms with Crippen LogP contribution in [0.1, 0.15) is 44.1 Å². The van der Waals surface area contributed by atoms with Crippen LogP contribution in [0.3, 0.4) is 0 Å². The maximum absolute atomic E-state index is 9.93. The largest absolute Gasteiger partial charge is 0.507 e. The van der Waals surface area contributed by atoms with E-state index in [2.05, 4.69) is 30.3 Å². The maximum Gasteiger partial charge on any atom is 0.250 e. The summed E-state index contributed by atoms with van der Waals surface area (Å²) in [6.45, 7) is 3.84. The van der Waals surface area contributed by atoms with Crippen LogP contribution in [-0.2, 0) is 0 Å². The first-order valence-corrected chi connectivity index (χ1v) is 10.6. The first-order chi connectivity index (χ1) is 14.2. The lowest BCUT2D eigenvalue weighted by Crippen LogP contribution is -2.34. The molecule has 1 aromatic heterocycles. The lowest BCUT2D eigenvalue weighted by atomic mass is 10.1. The third kappa shape index (κ3) is 5.06. The predicted molar refractivity (Wildman–Crippen MR) is 116 cm³/mol. The molecule has 0 radical (unpaired) electrons. The van der Waals surface area contributed by atoms with Crippen molar-refractivity contribution in [2.45, 2.75) is 38.5 Å². The van der Waals surface area contributed by atoms with Crippen LogP contribution in [0, 0.1) is 0 Å². The Balaban J connectivity index is 1.57. The van der Waals surface area contributed by atoms with Crippen molar-refractivity contribution in [3.05, 3.63) is 28.8 Å². The fraction of sp³-hybridized carbons (Fsp3) is 0.500. The zero-order valence-electron chi connectivity index (χ0n) is 16.4. The number of rotatable bonds is 5. The van der Waals surface area contributed by atoms with E-state index in [1.807, 2.05) is 0 Å². The highest BCUT2D eigenvalue weighted by Crippen LogP contribution is 2.23. The van der Waals surface area contributed by atoms with E-state index in [0.29, 0.717) is 28.4 Å². The van der Waals surface area contributed by atoms with Crippen LogP contribution in [0.15, 0.2) is 23.3 Å². The minimum atomic E-state index is 0.110. The molecule has 2 aliphatic heterocycles. The Labute approximate surface area is 175 Å². The molecule has 2 aliphatic rings. The van der Waals surface area contributed by atoms with Gasteiger partial charge in [-0.1, -0.05) is 11.6 Å². The Kier molecular flexibility index (Phi) is 6.29. The van der Waals surface area contributed by atoms with Crippen LogP contribution in [-0.4, -0.2) is 52.5 Å². The molecule has 1 aromatic carbocycles. The van der Waals surface area contributed by atoms with Crippen LogP contribution < -0.4 is 15.2 Å². The Morgan fingerprint density at radius 1 is 0.897 bits per heavy atom. The van der Waals surface area contributed by atoms with Crippen molar-refractivity contribution in [1.82, 2.24) is 15.0 Å². The average Bonchev–Trinajstić information content (AvgIpc) is 2.77. The summed E-state index contributed by atoms with van der Waals surface area (Å²) in [5.41, 5.74) is 3.42. The molecule has 0 spiro atoms. The SMILES string of the molecule is Oc1ccc(Cl)cc1/C=N\Nc1nc(N2CCCCC2)nc(N2CCCCC2)n1. The fourth-order valence-corrected chi connectivity index (χ4v) is 3.84. The van der Waals surface area contributed by atoms with E-state index in [1.165, 1.54) is 25.1 Å². The molecular weight excluding hydrogens is 390 g/mol. The number of hydrogen-bond acceptors (Lipinski definition) is 8. The van der Waals surface area contributed by atoms with Gasteiger partial charge in [-0.3, -0.25) is 0 Å². The van der Waals surface area contributed by atoms with Crippen LogP contribution >= 0.6 is 11.6 Å². The van der Waals surface area contributed by atoms with Gasteiger partial charge in [0.2, 0.25) is 17.8 Å². The third-order valence-corrected chi connectivity index (χ3v) is 5.48. The first kappa shape index (κ1) is 19.7. The number of aromatic nitrogens is 3. The topological polar surface area (TPSA) is 89.8 Å². The van der Waals surface area contributed by atoms with Crippen LogP contribution in [0.4, 0.5) is 17.8 Å². The molecule has 0 bridgehead atoms. The van der Waals surface area contributed by atoms with Crippen molar-refractivity contribution in [3.8, 4) is 5.75 Å². The van der Waals surface area contributed by atoms with E-state index in [-0.39, 0.29) is 5.75 Å². The molecule has 154 valence electrons. The van der Waals surface area contributed by atoms with Crippen molar-refractivity contribution in [2.24, 2.45) is 5.10 Å². The van der Waals surface area contributed by atoms with Crippen molar-refractivity contribution in [2.75, 3.05) is 41.4 Å². The first-order valence-electron chi connectivity index (χ1n) is 10.2. The number of anilines is 3. The molecule has 0 amide bonds. The van der Waals surface area contributed by atoms with Crippen molar-refractivity contribution < 1.29 is 5.11 Å². The normalized spacial score (nSPS) is 17.7. The van der Waals surface area contributed by atoms with Gasteiger partial charge in [-0.25, -0.2) is 5.43 Å². The van der Waals surface area contributed by atoms with Crippen molar-refractivity contribution in [1.29, 1.82) is 0 Å². The van der Waals surface area contributed by atoms with Gasteiger partial charge in [-0.15, -0.1) is 0 Å². The minimum Gasteiger partial charge on any atom is -0.507 e. The number of hydrazone groups is 1. The number of benzene rings is 1. The summed E-state index contributed by atoms with van der Waals surface area (Å²) in [7, 11) is 0. The zero-order chi connectivity index (χ0) is 20.1. The molecule has 2 saturated heterocycles. The molecule has 2 fully saturated rings. The van der Waals surface area contributed by atoms with E-state index in [4.69, 9.17) is 16.6 Å². The lowest BCUT2D eigenvalue weighted by Gasteiger charge is -2.30. The Bertz CT molecular complexity index is 828. The quantitative estimate of drug-likeness (QED) is 0.568. The minimum absolute atomic E-state index is 0.110. The molecule has 0 unspecified atom stereocenters. The number of halogens is 1. The lowest BCUT2D eigenvalue weighted by molar-refractivity contribution is 0.474. The summed E-state index contributed by atoms with van der Waals surface area (Å²) >= 11 is 5.99. The second-order valence-corrected chi connectivity index (χ2v) is 7.86. The summed E-state index contributed by atoms with van der Waals surface area (Å²) in [5, 5.41) is 14.7. The molecule has 0 atom stereocenters. The number of nitrogens with one attached hydrogen (secondary N) is 1.